The molecule has 1 aromatic carbocycles. The smallest absolute Gasteiger partial charge is 0.339 e. The number of hydrogen-bond donors (Lipinski definition) is 2. The van der Waals surface area contributed by atoms with Crippen LogP contribution >= 0.6 is 0 Å². The first-order chi connectivity index (χ1) is 9.17. The third kappa shape index (κ3) is 2.88. The standard InChI is InChI=1S/C14H20N2O3/c1-10-8-16(11(9-17)7-15-10)13-6-4-3-5-12(13)14(18)19-2/h3-6,10-11,15,17H,7-9H2,1-2H3. The van der Waals surface area contributed by atoms with E-state index in [1.165, 1.54) is 7.11 Å². The molecule has 0 radical (unpaired) electrons. The fraction of sp³-hybridized carbons (Fsp3) is 0.500. The van der Waals surface area contributed by atoms with Gasteiger partial charge in [0.25, 0.3) is 0 Å². The number of methoxy groups -OCH3 is 1. The van der Waals surface area contributed by atoms with Crippen LogP contribution in [0.5, 0.6) is 0 Å². The molecule has 0 bridgehead atoms. The lowest BCUT2D eigenvalue weighted by Crippen LogP contribution is -2.57. The van der Waals surface area contributed by atoms with E-state index in [2.05, 4.69) is 17.1 Å². The summed E-state index contributed by atoms with van der Waals surface area (Å²) in [5.74, 6) is -0.349. The molecule has 0 spiro atoms. The molecule has 1 aromatic rings. The number of carbonyl (C=O) groups is 1. The first kappa shape index (κ1) is 13.8. The number of ether oxygens (including phenoxy) is 1. The van der Waals surface area contributed by atoms with Gasteiger partial charge in [0.2, 0.25) is 0 Å². The van der Waals surface area contributed by atoms with Crippen molar-refractivity contribution in [3.8, 4) is 0 Å². The van der Waals surface area contributed by atoms with Crippen molar-refractivity contribution >= 4 is 11.7 Å². The van der Waals surface area contributed by atoms with E-state index >= 15 is 0 Å². The van der Waals surface area contributed by atoms with Crippen LogP contribution in [0, 0.1) is 0 Å². The largest absolute Gasteiger partial charge is 0.465 e. The van der Waals surface area contributed by atoms with Gasteiger partial charge in [-0.2, -0.15) is 0 Å². The Balaban J connectivity index is 2.35. The van der Waals surface area contributed by atoms with E-state index in [1.807, 2.05) is 18.2 Å². The molecule has 1 fully saturated rings. The molecule has 5 heteroatoms. The fourth-order valence-electron chi connectivity index (χ4n) is 2.42. The van der Waals surface area contributed by atoms with Crippen molar-refractivity contribution in [1.82, 2.24) is 5.32 Å². The Morgan fingerprint density at radius 3 is 2.95 bits per heavy atom. The Morgan fingerprint density at radius 2 is 2.26 bits per heavy atom. The zero-order chi connectivity index (χ0) is 13.8. The van der Waals surface area contributed by atoms with E-state index in [0.717, 1.165) is 12.2 Å². The summed E-state index contributed by atoms with van der Waals surface area (Å²) >= 11 is 0. The lowest BCUT2D eigenvalue weighted by Gasteiger charge is -2.40. The minimum atomic E-state index is -0.349. The summed E-state index contributed by atoms with van der Waals surface area (Å²) in [4.78, 5) is 13.9. The number of aliphatic hydroxyl groups is 1. The fourth-order valence-corrected chi connectivity index (χ4v) is 2.42. The quantitative estimate of drug-likeness (QED) is 0.784. The second-order valence-corrected chi connectivity index (χ2v) is 4.81. The van der Waals surface area contributed by atoms with Crippen molar-refractivity contribution in [2.45, 2.75) is 19.0 Å². The van der Waals surface area contributed by atoms with E-state index < -0.39 is 0 Å². The number of piperazine rings is 1. The second kappa shape index (κ2) is 6.04. The molecule has 19 heavy (non-hydrogen) atoms. The molecule has 0 amide bonds. The first-order valence-corrected chi connectivity index (χ1v) is 6.45. The highest BCUT2D eigenvalue weighted by atomic mass is 16.5. The molecule has 2 N–H and O–H groups in total. The van der Waals surface area contributed by atoms with Crippen LogP contribution in [-0.4, -0.2) is 50.0 Å². The lowest BCUT2D eigenvalue weighted by atomic mass is 10.1. The molecular formula is C14H20N2O3. The van der Waals surface area contributed by atoms with Crippen LogP contribution in [0.3, 0.4) is 0 Å². The number of rotatable bonds is 3. The van der Waals surface area contributed by atoms with E-state index in [4.69, 9.17) is 4.74 Å². The summed E-state index contributed by atoms with van der Waals surface area (Å²) in [6.45, 7) is 3.59. The highest BCUT2D eigenvalue weighted by Crippen LogP contribution is 2.25. The number of hydrogen-bond acceptors (Lipinski definition) is 5. The number of nitrogens with zero attached hydrogens (tertiary/aromatic N) is 1. The van der Waals surface area contributed by atoms with Crippen molar-refractivity contribution in [2.75, 3.05) is 31.7 Å². The monoisotopic (exact) mass is 264 g/mol. The van der Waals surface area contributed by atoms with Gasteiger partial charge >= 0.3 is 5.97 Å². The number of nitrogens with one attached hydrogen (secondary N) is 1. The van der Waals surface area contributed by atoms with Gasteiger partial charge in [0.1, 0.15) is 0 Å². The highest BCUT2D eigenvalue weighted by Gasteiger charge is 2.28. The van der Waals surface area contributed by atoms with Crippen LogP contribution < -0.4 is 10.2 Å². The summed E-state index contributed by atoms with van der Waals surface area (Å²) in [6.07, 6.45) is 0. The van der Waals surface area contributed by atoms with Gasteiger partial charge in [0, 0.05) is 19.1 Å². The maximum atomic E-state index is 11.8. The summed E-state index contributed by atoms with van der Waals surface area (Å²) in [7, 11) is 1.38. The molecule has 5 nitrogen and oxygen atoms in total. The Morgan fingerprint density at radius 1 is 1.53 bits per heavy atom. The van der Waals surface area contributed by atoms with Gasteiger partial charge < -0.3 is 20.1 Å². The molecule has 1 aliphatic rings. The number of benzene rings is 1. The van der Waals surface area contributed by atoms with Gasteiger partial charge in [0.05, 0.1) is 31.0 Å². The first-order valence-electron chi connectivity index (χ1n) is 6.45. The van der Waals surface area contributed by atoms with Crippen LogP contribution in [-0.2, 0) is 4.74 Å². The number of carbonyl (C=O) groups excluding carboxylic acids is 1. The number of esters is 1. The third-order valence-corrected chi connectivity index (χ3v) is 3.44. The number of aliphatic hydroxyl groups excluding tert-OH is 1. The second-order valence-electron chi connectivity index (χ2n) is 4.81. The maximum absolute atomic E-state index is 11.8. The van der Waals surface area contributed by atoms with Crippen LogP contribution in [0.25, 0.3) is 0 Å². The van der Waals surface area contributed by atoms with Crippen LogP contribution in [0.4, 0.5) is 5.69 Å². The van der Waals surface area contributed by atoms with Crippen molar-refractivity contribution < 1.29 is 14.6 Å². The molecule has 1 saturated heterocycles. The molecule has 104 valence electrons. The van der Waals surface area contributed by atoms with E-state index in [0.29, 0.717) is 18.2 Å². The van der Waals surface area contributed by atoms with Crippen LogP contribution in [0.15, 0.2) is 24.3 Å². The molecule has 1 aliphatic heterocycles. The minimum absolute atomic E-state index is 0.0259. The van der Waals surface area contributed by atoms with Gasteiger partial charge in [-0.05, 0) is 19.1 Å². The van der Waals surface area contributed by atoms with Crippen molar-refractivity contribution in [2.24, 2.45) is 0 Å². The zero-order valence-electron chi connectivity index (χ0n) is 11.3. The predicted octanol–water partition coefficient (Wildman–Crippen LogP) is 0.632. The van der Waals surface area contributed by atoms with E-state index in [1.54, 1.807) is 6.07 Å². The molecule has 0 saturated carbocycles. The third-order valence-electron chi connectivity index (χ3n) is 3.44. The lowest BCUT2D eigenvalue weighted by molar-refractivity contribution is 0.0601. The Hall–Kier alpha value is -1.59. The van der Waals surface area contributed by atoms with E-state index in [9.17, 15) is 9.90 Å². The molecule has 2 unspecified atom stereocenters. The van der Waals surface area contributed by atoms with Gasteiger partial charge in [-0.1, -0.05) is 12.1 Å². The van der Waals surface area contributed by atoms with Crippen LogP contribution in [0.1, 0.15) is 17.3 Å². The van der Waals surface area contributed by atoms with Crippen molar-refractivity contribution in [3.05, 3.63) is 29.8 Å². The zero-order valence-corrected chi connectivity index (χ0v) is 11.3. The average Bonchev–Trinajstić information content (AvgIpc) is 2.46. The topological polar surface area (TPSA) is 61.8 Å². The SMILES string of the molecule is COC(=O)c1ccccc1N1CC(C)NCC1CO. The van der Waals surface area contributed by atoms with Crippen LogP contribution in [0.2, 0.25) is 0 Å². The molecule has 0 aromatic heterocycles. The normalized spacial score (nSPS) is 23.2. The van der Waals surface area contributed by atoms with Crippen molar-refractivity contribution in [1.29, 1.82) is 0 Å². The Bertz CT molecular complexity index is 450. The highest BCUT2D eigenvalue weighted by molar-refractivity contribution is 5.95. The summed E-state index contributed by atoms with van der Waals surface area (Å²) < 4.78 is 4.82. The average molecular weight is 264 g/mol. The molecule has 0 aliphatic carbocycles. The summed E-state index contributed by atoms with van der Waals surface area (Å²) in [5.41, 5.74) is 1.36. The predicted molar refractivity (Wildman–Crippen MR) is 73.5 cm³/mol. The Labute approximate surface area is 113 Å². The maximum Gasteiger partial charge on any atom is 0.339 e. The van der Waals surface area contributed by atoms with Crippen molar-refractivity contribution in [3.63, 3.8) is 0 Å². The molecular weight excluding hydrogens is 244 g/mol. The van der Waals surface area contributed by atoms with Gasteiger partial charge in [-0.3, -0.25) is 0 Å². The number of para-hydroxylation sites is 1. The minimum Gasteiger partial charge on any atom is -0.465 e. The molecule has 2 atom stereocenters. The van der Waals surface area contributed by atoms with Gasteiger partial charge in [-0.25, -0.2) is 4.79 Å². The molecule has 1 heterocycles. The summed E-state index contributed by atoms with van der Waals surface area (Å²) in [6, 6.07) is 7.64. The van der Waals surface area contributed by atoms with Gasteiger partial charge in [-0.15, -0.1) is 0 Å². The Kier molecular flexibility index (Phi) is 4.39. The molecule has 2 rings (SSSR count). The number of anilines is 1. The van der Waals surface area contributed by atoms with E-state index in [-0.39, 0.29) is 18.6 Å². The summed E-state index contributed by atoms with van der Waals surface area (Å²) in [5, 5.41) is 12.8. The van der Waals surface area contributed by atoms with Gasteiger partial charge in [0.15, 0.2) is 0 Å².